The van der Waals surface area contributed by atoms with Crippen LogP contribution in [0.4, 0.5) is 0 Å². The number of piperazine rings is 1. The third-order valence-corrected chi connectivity index (χ3v) is 5.14. The Morgan fingerprint density at radius 1 is 1.22 bits per heavy atom. The highest BCUT2D eigenvalue weighted by Gasteiger charge is 2.46. The molecule has 0 radical (unpaired) electrons. The first-order valence-corrected chi connectivity index (χ1v) is 7.71. The fraction of sp³-hybridized carbons (Fsp3) is 1.00. The Morgan fingerprint density at radius 3 is 2.67 bits per heavy atom. The van der Waals surface area contributed by atoms with Crippen molar-refractivity contribution in [2.45, 2.75) is 69.6 Å². The van der Waals surface area contributed by atoms with Crippen molar-refractivity contribution in [1.29, 1.82) is 0 Å². The van der Waals surface area contributed by atoms with Crippen molar-refractivity contribution in [3.05, 3.63) is 0 Å². The van der Waals surface area contributed by atoms with Gasteiger partial charge in [-0.2, -0.15) is 0 Å². The predicted molar refractivity (Wildman–Crippen MR) is 73.8 cm³/mol. The molecule has 1 atom stereocenters. The van der Waals surface area contributed by atoms with Gasteiger partial charge in [-0.1, -0.05) is 12.8 Å². The first-order valence-electron chi connectivity index (χ1n) is 7.71. The van der Waals surface area contributed by atoms with Crippen LogP contribution in [0.3, 0.4) is 0 Å². The molecule has 1 saturated carbocycles. The lowest BCUT2D eigenvalue weighted by Crippen LogP contribution is -2.68. The predicted octanol–water partition coefficient (Wildman–Crippen LogP) is 2.16. The number of nitrogens with zero attached hydrogens (tertiary/aromatic N) is 1. The number of hydrogen-bond acceptors (Lipinski definition) is 3. The van der Waals surface area contributed by atoms with Crippen molar-refractivity contribution in [2.75, 3.05) is 26.2 Å². The lowest BCUT2D eigenvalue weighted by atomic mass is 9.86. The van der Waals surface area contributed by atoms with Crippen molar-refractivity contribution in [3.63, 3.8) is 0 Å². The molecule has 2 aliphatic heterocycles. The van der Waals surface area contributed by atoms with Crippen LogP contribution in [-0.2, 0) is 4.74 Å². The van der Waals surface area contributed by atoms with E-state index in [1.54, 1.807) is 0 Å². The second-order valence-electron chi connectivity index (χ2n) is 7.18. The number of nitrogens with one attached hydrogen (secondary N) is 1. The molecule has 0 aromatic heterocycles. The zero-order valence-corrected chi connectivity index (χ0v) is 12.0. The third kappa shape index (κ3) is 2.45. The molecule has 0 aromatic rings. The maximum absolute atomic E-state index is 5.86. The van der Waals surface area contributed by atoms with E-state index in [4.69, 9.17) is 4.74 Å². The molecular formula is C15H28N2O. The second-order valence-corrected chi connectivity index (χ2v) is 7.18. The SMILES string of the molecule is CC1(C)CN(CC2CCCO2)C2(CCCC2)CN1. The zero-order chi connectivity index (χ0) is 12.6. The van der Waals surface area contributed by atoms with Crippen LogP contribution in [-0.4, -0.2) is 48.3 Å². The van der Waals surface area contributed by atoms with Gasteiger partial charge in [0.2, 0.25) is 0 Å². The van der Waals surface area contributed by atoms with Crippen molar-refractivity contribution in [1.82, 2.24) is 10.2 Å². The molecule has 2 saturated heterocycles. The maximum Gasteiger partial charge on any atom is 0.0703 e. The van der Waals surface area contributed by atoms with E-state index >= 15 is 0 Å². The largest absolute Gasteiger partial charge is 0.377 e. The van der Waals surface area contributed by atoms with E-state index in [2.05, 4.69) is 24.1 Å². The van der Waals surface area contributed by atoms with Gasteiger partial charge in [-0.15, -0.1) is 0 Å². The molecule has 0 aromatic carbocycles. The molecule has 3 fully saturated rings. The summed E-state index contributed by atoms with van der Waals surface area (Å²) in [4.78, 5) is 2.77. The van der Waals surface area contributed by atoms with Crippen LogP contribution in [0, 0.1) is 0 Å². The Morgan fingerprint density at radius 2 is 2.00 bits per heavy atom. The molecular weight excluding hydrogens is 224 g/mol. The molecule has 0 amide bonds. The van der Waals surface area contributed by atoms with E-state index in [1.165, 1.54) is 51.6 Å². The molecule has 104 valence electrons. The minimum atomic E-state index is 0.256. The second kappa shape index (κ2) is 4.77. The summed E-state index contributed by atoms with van der Waals surface area (Å²) in [7, 11) is 0. The highest BCUT2D eigenvalue weighted by molar-refractivity contribution is 5.05. The summed E-state index contributed by atoms with van der Waals surface area (Å²) in [5, 5.41) is 3.76. The van der Waals surface area contributed by atoms with Crippen molar-refractivity contribution in [3.8, 4) is 0 Å². The van der Waals surface area contributed by atoms with E-state index in [9.17, 15) is 0 Å². The summed E-state index contributed by atoms with van der Waals surface area (Å²) < 4.78 is 5.86. The molecule has 3 rings (SSSR count). The van der Waals surface area contributed by atoms with Gasteiger partial charge in [-0.25, -0.2) is 0 Å². The van der Waals surface area contributed by atoms with E-state index in [0.29, 0.717) is 11.6 Å². The van der Waals surface area contributed by atoms with Gasteiger partial charge >= 0.3 is 0 Å². The van der Waals surface area contributed by atoms with E-state index in [1.807, 2.05) is 0 Å². The number of ether oxygens (including phenoxy) is 1. The molecule has 3 heteroatoms. The summed E-state index contributed by atoms with van der Waals surface area (Å²) in [6, 6.07) is 0. The molecule has 1 spiro atoms. The maximum atomic E-state index is 5.86. The molecule has 18 heavy (non-hydrogen) atoms. The Bertz CT molecular complexity index is 291. The number of hydrogen-bond donors (Lipinski definition) is 1. The third-order valence-electron chi connectivity index (χ3n) is 5.14. The highest BCUT2D eigenvalue weighted by atomic mass is 16.5. The quantitative estimate of drug-likeness (QED) is 0.815. The summed E-state index contributed by atoms with van der Waals surface area (Å²) in [6.45, 7) is 9.15. The van der Waals surface area contributed by atoms with Crippen LogP contribution in [0.15, 0.2) is 0 Å². The highest BCUT2D eigenvalue weighted by Crippen LogP contribution is 2.39. The zero-order valence-electron chi connectivity index (χ0n) is 12.0. The molecule has 2 heterocycles. The molecule has 1 unspecified atom stereocenters. The van der Waals surface area contributed by atoms with Gasteiger partial charge in [0, 0.05) is 37.3 Å². The minimum Gasteiger partial charge on any atom is -0.377 e. The van der Waals surface area contributed by atoms with Crippen LogP contribution >= 0.6 is 0 Å². The standard InChI is InChI=1S/C15H28N2O/c1-14(2)12-17(10-13-6-5-9-18-13)15(11-16-14)7-3-4-8-15/h13,16H,3-12H2,1-2H3. The molecule has 3 aliphatic rings. The average molecular weight is 252 g/mol. The molecule has 0 bridgehead atoms. The van der Waals surface area contributed by atoms with Gasteiger partial charge in [-0.3, -0.25) is 4.90 Å². The van der Waals surface area contributed by atoms with E-state index in [-0.39, 0.29) is 5.54 Å². The Labute approximate surface area is 111 Å². The summed E-state index contributed by atoms with van der Waals surface area (Å²) in [5.74, 6) is 0. The van der Waals surface area contributed by atoms with Crippen LogP contribution in [0.2, 0.25) is 0 Å². The van der Waals surface area contributed by atoms with E-state index < -0.39 is 0 Å². The minimum absolute atomic E-state index is 0.256. The van der Waals surface area contributed by atoms with Crippen LogP contribution in [0.25, 0.3) is 0 Å². The summed E-state index contributed by atoms with van der Waals surface area (Å²) in [6.07, 6.45) is 8.59. The van der Waals surface area contributed by atoms with Crippen molar-refractivity contribution in [2.24, 2.45) is 0 Å². The summed E-state index contributed by atoms with van der Waals surface area (Å²) >= 11 is 0. The molecule has 1 N–H and O–H groups in total. The van der Waals surface area contributed by atoms with Gasteiger partial charge in [0.05, 0.1) is 6.10 Å². The molecule has 1 aliphatic carbocycles. The first kappa shape index (κ1) is 12.9. The fourth-order valence-corrected chi connectivity index (χ4v) is 4.03. The van der Waals surface area contributed by atoms with Crippen LogP contribution in [0.1, 0.15) is 52.4 Å². The van der Waals surface area contributed by atoms with Gasteiger partial charge in [0.15, 0.2) is 0 Å². The lowest BCUT2D eigenvalue weighted by Gasteiger charge is -2.52. The smallest absolute Gasteiger partial charge is 0.0703 e. The Kier molecular flexibility index (Phi) is 3.41. The monoisotopic (exact) mass is 252 g/mol. The Hall–Kier alpha value is -0.120. The van der Waals surface area contributed by atoms with Gasteiger partial charge in [-0.05, 0) is 39.5 Å². The lowest BCUT2D eigenvalue weighted by molar-refractivity contribution is -0.0205. The topological polar surface area (TPSA) is 24.5 Å². The number of rotatable bonds is 2. The van der Waals surface area contributed by atoms with Gasteiger partial charge in [0.1, 0.15) is 0 Å². The van der Waals surface area contributed by atoms with E-state index in [0.717, 1.165) is 13.2 Å². The van der Waals surface area contributed by atoms with Crippen LogP contribution < -0.4 is 5.32 Å². The first-order chi connectivity index (χ1) is 8.60. The fourth-order valence-electron chi connectivity index (χ4n) is 4.03. The van der Waals surface area contributed by atoms with Crippen LogP contribution in [0.5, 0.6) is 0 Å². The average Bonchev–Trinajstić information content (AvgIpc) is 2.95. The van der Waals surface area contributed by atoms with Crippen molar-refractivity contribution >= 4 is 0 Å². The van der Waals surface area contributed by atoms with Gasteiger partial charge < -0.3 is 10.1 Å². The normalized spacial score (nSPS) is 35.3. The molecule has 3 nitrogen and oxygen atoms in total. The summed E-state index contributed by atoms with van der Waals surface area (Å²) in [5.41, 5.74) is 0.702. The Balaban J connectivity index is 1.72. The van der Waals surface area contributed by atoms with Crippen molar-refractivity contribution < 1.29 is 4.74 Å². The van der Waals surface area contributed by atoms with Gasteiger partial charge in [0.25, 0.3) is 0 Å².